The number of halogens is 2. The Hall–Kier alpha value is -1.40. The minimum atomic E-state index is 0.134. The average Bonchev–Trinajstić information content (AvgIpc) is 2.90. The van der Waals surface area contributed by atoms with Crippen molar-refractivity contribution in [3.63, 3.8) is 0 Å². The number of carbonyl (C=O) groups is 1. The number of benzene rings is 1. The van der Waals surface area contributed by atoms with Crippen molar-refractivity contribution >= 4 is 29.0 Å². The Labute approximate surface area is 163 Å². The Bertz CT molecular complexity index is 798. The fraction of sp³-hybridized carbons (Fsp3) is 0.474. The number of aryl methyl sites for hydroxylation is 1. The molecule has 140 valence electrons. The first-order valence-corrected chi connectivity index (χ1v) is 9.52. The molecule has 1 aliphatic heterocycles. The van der Waals surface area contributed by atoms with Crippen LogP contribution in [0.25, 0.3) is 0 Å². The molecule has 3 rings (SSSR count). The third-order valence-electron chi connectivity index (χ3n) is 4.75. The van der Waals surface area contributed by atoms with E-state index >= 15 is 0 Å². The highest BCUT2D eigenvalue weighted by molar-refractivity contribution is 6.33. The number of ether oxygens (including phenoxy) is 1. The molecule has 1 fully saturated rings. The van der Waals surface area contributed by atoms with E-state index in [4.69, 9.17) is 27.9 Å². The molecule has 1 saturated heterocycles. The van der Waals surface area contributed by atoms with Crippen molar-refractivity contribution in [2.75, 3.05) is 32.8 Å². The number of carbonyl (C=O) groups excluding carboxylic acids is 1. The minimum absolute atomic E-state index is 0.134. The van der Waals surface area contributed by atoms with Crippen molar-refractivity contribution in [3.8, 4) is 0 Å². The van der Waals surface area contributed by atoms with Crippen molar-refractivity contribution in [1.82, 2.24) is 14.7 Å². The summed E-state index contributed by atoms with van der Waals surface area (Å²) in [7, 11) is 0. The van der Waals surface area contributed by atoms with E-state index in [1.165, 1.54) is 0 Å². The van der Waals surface area contributed by atoms with Gasteiger partial charge >= 0.3 is 0 Å². The van der Waals surface area contributed by atoms with Crippen LogP contribution >= 0.6 is 23.2 Å². The molecule has 0 saturated carbocycles. The molecule has 0 aliphatic carbocycles. The molecule has 0 unspecified atom stereocenters. The summed E-state index contributed by atoms with van der Waals surface area (Å²) in [5.74, 6) is 0.134. The first-order valence-electron chi connectivity index (χ1n) is 8.77. The van der Waals surface area contributed by atoms with Gasteiger partial charge in [-0.1, -0.05) is 23.2 Å². The van der Waals surface area contributed by atoms with Gasteiger partial charge in [-0.25, -0.2) is 0 Å². The van der Waals surface area contributed by atoms with Crippen LogP contribution < -0.4 is 0 Å². The fourth-order valence-corrected chi connectivity index (χ4v) is 3.66. The fourth-order valence-electron chi connectivity index (χ4n) is 3.29. The molecular weight excluding hydrogens is 373 g/mol. The summed E-state index contributed by atoms with van der Waals surface area (Å²) in [5.41, 5.74) is 3.23. The first-order chi connectivity index (χ1) is 12.5. The normalized spacial score (nSPS) is 15.4. The smallest absolute Gasteiger partial charge is 0.167 e. The number of rotatable bonds is 6. The average molecular weight is 396 g/mol. The lowest BCUT2D eigenvalue weighted by molar-refractivity contribution is 0.0370. The molecule has 2 aromatic rings. The zero-order valence-electron chi connectivity index (χ0n) is 15.1. The number of nitrogens with zero attached hydrogens (tertiary/aromatic N) is 3. The Morgan fingerprint density at radius 3 is 2.69 bits per heavy atom. The zero-order valence-corrected chi connectivity index (χ0v) is 16.6. The first kappa shape index (κ1) is 19.4. The molecule has 0 atom stereocenters. The van der Waals surface area contributed by atoms with E-state index in [1.54, 1.807) is 12.1 Å². The summed E-state index contributed by atoms with van der Waals surface area (Å²) in [6.07, 6.45) is 0.491. The highest BCUT2D eigenvalue weighted by atomic mass is 35.5. The van der Waals surface area contributed by atoms with Gasteiger partial charge in [-0.2, -0.15) is 5.10 Å². The lowest BCUT2D eigenvalue weighted by Gasteiger charge is -2.26. The van der Waals surface area contributed by atoms with Crippen molar-refractivity contribution in [1.29, 1.82) is 0 Å². The van der Waals surface area contributed by atoms with E-state index in [9.17, 15) is 4.79 Å². The molecule has 0 radical (unpaired) electrons. The van der Waals surface area contributed by atoms with Crippen LogP contribution in [0.4, 0.5) is 0 Å². The van der Waals surface area contributed by atoms with Crippen molar-refractivity contribution < 1.29 is 9.53 Å². The molecule has 0 amide bonds. The standard InChI is InChI=1S/C19H23Cl2N3O2/c1-13-19(18(25)5-6-23-7-9-26-10-8-23)14(2)24(22-13)12-15-11-16(20)3-4-17(15)21/h3-4,11H,5-10,12H2,1-2H3. The number of morpholine rings is 1. The Morgan fingerprint density at radius 1 is 1.23 bits per heavy atom. The largest absolute Gasteiger partial charge is 0.379 e. The van der Waals surface area contributed by atoms with E-state index in [1.807, 2.05) is 24.6 Å². The van der Waals surface area contributed by atoms with E-state index in [0.29, 0.717) is 23.0 Å². The number of Topliss-reactive ketones (excluding diaryl/α,β-unsaturated/α-hetero) is 1. The molecular formula is C19H23Cl2N3O2. The van der Waals surface area contributed by atoms with Crippen LogP contribution in [0.2, 0.25) is 10.0 Å². The molecule has 7 heteroatoms. The molecule has 1 aliphatic rings. The van der Waals surface area contributed by atoms with Gasteiger partial charge in [0.05, 0.1) is 31.0 Å². The molecule has 2 heterocycles. The maximum Gasteiger partial charge on any atom is 0.167 e. The monoisotopic (exact) mass is 395 g/mol. The highest BCUT2D eigenvalue weighted by Gasteiger charge is 2.20. The second kappa shape index (κ2) is 8.53. The number of ketones is 1. The van der Waals surface area contributed by atoms with Gasteiger partial charge in [-0.05, 0) is 37.6 Å². The maximum atomic E-state index is 12.8. The predicted molar refractivity (Wildman–Crippen MR) is 103 cm³/mol. The zero-order chi connectivity index (χ0) is 18.7. The van der Waals surface area contributed by atoms with Crippen LogP contribution in [0.15, 0.2) is 18.2 Å². The molecule has 1 aromatic heterocycles. The molecule has 0 bridgehead atoms. The lowest BCUT2D eigenvalue weighted by Crippen LogP contribution is -2.37. The van der Waals surface area contributed by atoms with E-state index < -0.39 is 0 Å². The summed E-state index contributed by atoms with van der Waals surface area (Å²) in [5, 5.41) is 5.83. The summed E-state index contributed by atoms with van der Waals surface area (Å²) >= 11 is 12.3. The van der Waals surface area contributed by atoms with Crippen LogP contribution in [0, 0.1) is 13.8 Å². The Kier molecular flexibility index (Phi) is 6.35. The Balaban J connectivity index is 1.72. The van der Waals surface area contributed by atoms with Crippen LogP contribution in [0.1, 0.15) is 33.7 Å². The van der Waals surface area contributed by atoms with E-state index in [-0.39, 0.29) is 5.78 Å². The molecule has 0 spiro atoms. The summed E-state index contributed by atoms with van der Waals surface area (Å²) in [6.45, 7) is 8.31. The predicted octanol–water partition coefficient (Wildman–Crippen LogP) is 3.76. The van der Waals surface area contributed by atoms with Gasteiger partial charge < -0.3 is 4.74 Å². The number of hydrogen-bond donors (Lipinski definition) is 0. The topological polar surface area (TPSA) is 47.4 Å². The van der Waals surface area contributed by atoms with Crippen molar-refractivity contribution in [3.05, 3.63) is 50.8 Å². The second-order valence-corrected chi connectivity index (χ2v) is 7.41. The van der Waals surface area contributed by atoms with Gasteiger partial charge in [0.2, 0.25) is 0 Å². The molecule has 1 aromatic carbocycles. The van der Waals surface area contributed by atoms with Crippen LogP contribution in [-0.4, -0.2) is 53.3 Å². The van der Waals surface area contributed by atoms with Gasteiger partial charge in [0, 0.05) is 41.8 Å². The maximum absolute atomic E-state index is 12.8. The molecule has 26 heavy (non-hydrogen) atoms. The molecule has 0 N–H and O–H groups in total. The third kappa shape index (κ3) is 4.46. The summed E-state index contributed by atoms with van der Waals surface area (Å²) in [4.78, 5) is 15.0. The van der Waals surface area contributed by atoms with Gasteiger partial charge in [0.25, 0.3) is 0 Å². The molecule has 5 nitrogen and oxygen atoms in total. The lowest BCUT2D eigenvalue weighted by atomic mass is 10.1. The number of aromatic nitrogens is 2. The second-order valence-electron chi connectivity index (χ2n) is 6.57. The SMILES string of the molecule is Cc1nn(Cc2cc(Cl)ccc2Cl)c(C)c1C(=O)CCN1CCOCC1. The van der Waals surface area contributed by atoms with Crippen molar-refractivity contribution in [2.24, 2.45) is 0 Å². The quantitative estimate of drug-likeness (QED) is 0.698. The minimum Gasteiger partial charge on any atom is -0.379 e. The highest BCUT2D eigenvalue weighted by Crippen LogP contribution is 2.23. The van der Waals surface area contributed by atoms with Gasteiger partial charge in [-0.3, -0.25) is 14.4 Å². The van der Waals surface area contributed by atoms with Gasteiger partial charge in [0.1, 0.15) is 0 Å². The van der Waals surface area contributed by atoms with Crippen LogP contribution in [0.5, 0.6) is 0 Å². The van der Waals surface area contributed by atoms with Crippen LogP contribution in [0.3, 0.4) is 0 Å². The summed E-state index contributed by atoms with van der Waals surface area (Å²) in [6, 6.07) is 5.37. The Morgan fingerprint density at radius 2 is 1.96 bits per heavy atom. The van der Waals surface area contributed by atoms with E-state index in [2.05, 4.69) is 10.00 Å². The number of hydrogen-bond acceptors (Lipinski definition) is 4. The van der Waals surface area contributed by atoms with Crippen molar-refractivity contribution in [2.45, 2.75) is 26.8 Å². The van der Waals surface area contributed by atoms with Gasteiger partial charge in [0.15, 0.2) is 5.78 Å². The van der Waals surface area contributed by atoms with Crippen LogP contribution in [-0.2, 0) is 11.3 Å². The third-order valence-corrected chi connectivity index (χ3v) is 5.35. The summed E-state index contributed by atoms with van der Waals surface area (Å²) < 4.78 is 7.18. The van der Waals surface area contributed by atoms with Gasteiger partial charge in [-0.15, -0.1) is 0 Å². The van der Waals surface area contributed by atoms with E-state index in [0.717, 1.165) is 55.4 Å².